The zero-order valence-corrected chi connectivity index (χ0v) is 26.3. The van der Waals surface area contributed by atoms with Crippen molar-refractivity contribution in [2.45, 2.75) is 38.8 Å². The summed E-state index contributed by atoms with van der Waals surface area (Å²) in [5.41, 5.74) is 2.43. The van der Waals surface area contributed by atoms with Gasteiger partial charge in [-0.2, -0.15) is 0 Å². The highest BCUT2D eigenvalue weighted by Gasteiger charge is 2.41. The van der Waals surface area contributed by atoms with Crippen molar-refractivity contribution >= 4 is 50.9 Å². The van der Waals surface area contributed by atoms with E-state index in [4.69, 9.17) is 9.72 Å². The first kappa shape index (κ1) is 29.7. The van der Waals surface area contributed by atoms with Gasteiger partial charge in [-0.05, 0) is 77.0 Å². The third-order valence-electron chi connectivity index (χ3n) is 9.21. The average Bonchev–Trinajstić information content (AvgIpc) is 3.69. The van der Waals surface area contributed by atoms with Crippen LogP contribution in [0.5, 0.6) is 0 Å². The summed E-state index contributed by atoms with van der Waals surface area (Å²) in [6, 6.07) is 9.65. The molecular weight excluding hydrogens is 591 g/mol. The first-order chi connectivity index (χ1) is 21.8. The van der Waals surface area contributed by atoms with Crippen LogP contribution < -0.4 is 15.4 Å². The number of carboxylic acids is 1. The maximum atomic E-state index is 15.4. The minimum atomic E-state index is -1.30. The van der Waals surface area contributed by atoms with Crippen LogP contribution in [0.3, 0.4) is 0 Å². The predicted molar refractivity (Wildman–Crippen MR) is 175 cm³/mol. The number of carbonyl (C=O) groups is 2. The van der Waals surface area contributed by atoms with E-state index in [1.165, 1.54) is 27.5 Å². The summed E-state index contributed by atoms with van der Waals surface area (Å²) in [5, 5.41) is 10.8. The second-order valence-corrected chi connectivity index (χ2v) is 13.3. The molecule has 238 valence electrons. The van der Waals surface area contributed by atoms with Crippen molar-refractivity contribution in [2.75, 3.05) is 43.5 Å². The van der Waals surface area contributed by atoms with E-state index in [2.05, 4.69) is 21.8 Å². The minimum Gasteiger partial charge on any atom is -0.477 e. The van der Waals surface area contributed by atoms with E-state index in [0.717, 1.165) is 37.3 Å². The van der Waals surface area contributed by atoms with Crippen molar-refractivity contribution in [3.05, 3.63) is 70.5 Å². The summed E-state index contributed by atoms with van der Waals surface area (Å²) < 4.78 is 22.4. The van der Waals surface area contributed by atoms with Crippen LogP contribution in [-0.2, 0) is 4.74 Å². The van der Waals surface area contributed by atoms with Crippen molar-refractivity contribution < 1.29 is 23.8 Å². The third-order valence-corrected chi connectivity index (χ3v) is 9.21. The topological polar surface area (TPSA) is 123 Å². The number of aromatic nitrogens is 3. The maximum absolute atomic E-state index is 15.4. The molecule has 7 rings (SSSR count). The van der Waals surface area contributed by atoms with Gasteiger partial charge < -0.3 is 24.6 Å². The van der Waals surface area contributed by atoms with Gasteiger partial charge in [-0.1, -0.05) is 6.07 Å². The van der Waals surface area contributed by atoms with Gasteiger partial charge in [-0.25, -0.2) is 19.0 Å². The molecule has 4 aromatic heterocycles. The zero-order valence-electron chi connectivity index (χ0n) is 26.3. The molecule has 2 N–H and O–H groups in total. The first-order valence-electron chi connectivity index (χ1n) is 15.3. The van der Waals surface area contributed by atoms with Gasteiger partial charge in [0.2, 0.25) is 0 Å². The lowest BCUT2D eigenvalue weighted by Crippen LogP contribution is -2.34. The molecule has 0 radical (unpaired) electrons. The molecule has 0 bridgehead atoms. The lowest BCUT2D eigenvalue weighted by atomic mass is 10.0. The smallest absolute Gasteiger partial charge is 0.414 e. The van der Waals surface area contributed by atoms with Crippen molar-refractivity contribution in [3.8, 4) is 11.1 Å². The number of nitrogens with one attached hydrogen (secondary N) is 1. The summed E-state index contributed by atoms with van der Waals surface area (Å²) in [6.45, 7) is 7.87. The number of hydrogen-bond acceptors (Lipinski definition) is 7. The maximum Gasteiger partial charge on any atom is 0.414 e. The lowest BCUT2D eigenvalue weighted by molar-refractivity contribution is 0.0588. The monoisotopic (exact) mass is 626 g/mol. The number of nitrogens with zero attached hydrogens (tertiary/aromatic N) is 5. The number of pyridine rings is 3. The molecular formula is C34H35FN6O5. The van der Waals surface area contributed by atoms with Crippen LogP contribution in [0.15, 0.2) is 53.6 Å². The van der Waals surface area contributed by atoms with Crippen molar-refractivity contribution in [2.24, 2.45) is 5.92 Å². The molecule has 5 aromatic rings. The molecule has 6 heterocycles. The summed E-state index contributed by atoms with van der Waals surface area (Å²) in [5.74, 6) is -1.37. The van der Waals surface area contributed by atoms with Crippen molar-refractivity contribution in [3.63, 3.8) is 0 Å². The Labute approximate surface area is 263 Å². The Hall–Kier alpha value is -4.97. The fraction of sp³-hybridized carbons (Fsp3) is 0.353. The van der Waals surface area contributed by atoms with E-state index in [1.807, 2.05) is 6.07 Å². The second kappa shape index (κ2) is 10.5. The summed E-state index contributed by atoms with van der Waals surface area (Å²) in [6.07, 6.45) is 3.81. The fourth-order valence-corrected chi connectivity index (χ4v) is 6.99. The fourth-order valence-electron chi connectivity index (χ4n) is 6.99. The van der Waals surface area contributed by atoms with Crippen LogP contribution in [0.4, 0.5) is 20.6 Å². The van der Waals surface area contributed by atoms with Crippen molar-refractivity contribution in [1.29, 1.82) is 0 Å². The van der Waals surface area contributed by atoms with Crippen LogP contribution in [0.1, 0.15) is 37.6 Å². The molecule has 2 atom stereocenters. The number of likely N-dealkylation sites (N-methyl/N-ethyl adjacent to an activating group) is 1. The Balaban J connectivity index is 1.47. The average molecular weight is 627 g/mol. The molecule has 2 aliphatic heterocycles. The quantitative estimate of drug-likeness (QED) is 0.274. The highest BCUT2D eigenvalue weighted by molar-refractivity contribution is 6.18. The van der Waals surface area contributed by atoms with Crippen LogP contribution in [0.2, 0.25) is 0 Å². The number of likely N-dealkylation sites (tertiary alicyclic amines) is 1. The Kier molecular flexibility index (Phi) is 6.82. The van der Waals surface area contributed by atoms with Gasteiger partial charge in [0.25, 0.3) is 5.56 Å². The van der Waals surface area contributed by atoms with E-state index < -0.39 is 29.0 Å². The van der Waals surface area contributed by atoms with E-state index in [0.29, 0.717) is 50.7 Å². The van der Waals surface area contributed by atoms with Gasteiger partial charge in [0.15, 0.2) is 0 Å². The largest absolute Gasteiger partial charge is 0.477 e. The molecule has 2 fully saturated rings. The number of aromatic amines is 1. The molecule has 1 aromatic carbocycles. The lowest BCUT2D eigenvalue weighted by Gasteiger charge is -2.26. The van der Waals surface area contributed by atoms with Crippen LogP contribution in [-0.4, -0.2) is 81.8 Å². The number of hydrogen-bond donors (Lipinski definition) is 2. The summed E-state index contributed by atoms with van der Waals surface area (Å²) in [4.78, 5) is 52.0. The van der Waals surface area contributed by atoms with Crippen LogP contribution in [0, 0.1) is 11.7 Å². The number of rotatable bonds is 4. The van der Waals surface area contributed by atoms with Gasteiger partial charge in [-0.3, -0.25) is 14.1 Å². The number of carboxylic acid groups (broad SMARTS) is 1. The molecule has 12 heteroatoms. The third kappa shape index (κ3) is 4.84. The number of halogens is 1. The zero-order chi connectivity index (χ0) is 32.7. The molecule has 1 amide bonds. The van der Waals surface area contributed by atoms with Gasteiger partial charge in [0, 0.05) is 60.6 Å². The van der Waals surface area contributed by atoms with Gasteiger partial charge >= 0.3 is 12.1 Å². The Morgan fingerprint density at radius 2 is 1.91 bits per heavy atom. The number of carbonyl (C=O) groups excluding carboxylic acids is 1. The number of benzene rings is 1. The summed E-state index contributed by atoms with van der Waals surface area (Å²) in [7, 11) is 3.68. The normalized spacial score (nSPS) is 18.5. The molecule has 0 spiro atoms. The molecule has 0 aliphatic carbocycles. The summed E-state index contributed by atoms with van der Waals surface area (Å²) >= 11 is 0. The molecule has 2 saturated heterocycles. The van der Waals surface area contributed by atoms with Crippen molar-refractivity contribution in [1.82, 2.24) is 19.3 Å². The second-order valence-electron chi connectivity index (χ2n) is 13.3. The number of H-pyrrole nitrogens is 1. The molecule has 46 heavy (non-hydrogen) atoms. The molecule has 0 saturated carbocycles. The first-order valence-corrected chi connectivity index (χ1v) is 15.3. The highest BCUT2D eigenvalue weighted by Crippen LogP contribution is 2.45. The van der Waals surface area contributed by atoms with Crippen LogP contribution in [0.25, 0.3) is 38.6 Å². The van der Waals surface area contributed by atoms with E-state index in [-0.39, 0.29) is 5.56 Å². The molecule has 2 aliphatic rings. The van der Waals surface area contributed by atoms with E-state index >= 15 is 4.39 Å². The minimum absolute atomic E-state index is 0.311. The number of ether oxygens (including phenoxy) is 1. The SMILES string of the molecule is CN(C(=O)OC(C)(C)C)c1cc(F)cc2c1[nH]c1ncc(-c3ccc4ccc(C(=O)O)c(=O)n4c3)c(N3CC4CCN(C)C4C3)c12. The number of fused-ring (bicyclic) bond motifs is 5. The Morgan fingerprint density at radius 1 is 1.15 bits per heavy atom. The number of aromatic carboxylic acids is 1. The Morgan fingerprint density at radius 3 is 2.63 bits per heavy atom. The number of amides is 1. The van der Waals surface area contributed by atoms with Gasteiger partial charge in [0.1, 0.15) is 22.6 Å². The van der Waals surface area contributed by atoms with E-state index in [1.54, 1.807) is 52.3 Å². The van der Waals surface area contributed by atoms with Crippen LogP contribution >= 0.6 is 0 Å². The molecule has 11 nitrogen and oxygen atoms in total. The van der Waals surface area contributed by atoms with Gasteiger partial charge in [0.05, 0.1) is 22.3 Å². The predicted octanol–water partition coefficient (Wildman–Crippen LogP) is 5.34. The standard InChI is InChI=1S/C34H35FN6O5/c1-34(2,3)46-33(45)39(5)25-13-20(35)12-23-27-29(40-15-19-10-11-38(4)26(19)17-40)24(14-36-30(27)37-28(23)25)18-6-7-21-8-9-22(32(43)44)31(42)41(21)16-18/h6-9,12-14,16,19,26H,10-11,15,17H2,1-5H3,(H,36,37)(H,43,44). The Bertz CT molecular complexity index is 2130. The number of anilines is 2. The van der Waals surface area contributed by atoms with Gasteiger partial charge in [-0.15, -0.1) is 0 Å². The highest BCUT2D eigenvalue weighted by atomic mass is 19.1. The molecule has 2 unspecified atom stereocenters. The van der Waals surface area contributed by atoms with E-state index in [9.17, 15) is 19.5 Å².